The minimum absolute atomic E-state index is 0.924. The lowest BCUT2D eigenvalue weighted by molar-refractivity contribution is 0.135. The van der Waals surface area contributed by atoms with Crippen LogP contribution in [0.3, 0.4) is 0 Å². The van der Waals surface area contributed by atoms with Crippen LogP contribution < -0.4 is 0 Å². The summed E-state index contributed by atoms with van der Waals surface area (Å²) in [4.78, 5) is 0. The van der Waals surface area contributed by atoms with Crippen LogP contribution in [0.25, 0.3) is 0 Å². The summed E-state index contributed by atoms with van der Waals surface area (Å²) in [6.45, 7) is 15.7. The number of rotatable bonds is 4. The summed E-state index contributed by atoms with van der Waals surface area (Å²) in [7, 11) is 0. The molecule has 0 heterocycles. The topological polar surface area (TPSA) is 9.23 Å². The highest BCUT2D eigenvalue weighted by Crippen LogP contribution is 2.36. The Morgan fingerprint density at radius 1 is 0.824 bits per heavy atom. The van der Waals surface area contributed by atoms with Gasteiger partial charge in [0, 0.05) is 13.2 Å². The smallest absolute Gasteiger partial charge is 0.0463 e. The summed E-state index contributed by atoms with van der Waals surface area (Å²) < 4.78 is 5.13. The van der Waals surface area contributed by atoms with Gasteiger partial charge in [0.15, 0.2) is 0 Å². The lowest BCUT2D eigenvalue weighted by Gasteiger charge is -2.35. The molecule has 1 aliphatic carbocycles. The molecule has 104 valence electrons. The number of ether oxygens (including phenoxy) is 1. The first kappa shape index (κ1) is 17.0. The maximum absolute atomic E-state index is 5.13. The molecular weight excluding hydrogens is 208 g/mol. The Balaban J connectivity index is 0.000000325. The average Bonchev–Trinajstić information content (AvgIpc) is 2.27. The first-order chi connectivity index (χ1) is 8.02. The summed E-state index contributed by atoms with van der Waals surface area (Å²) in [5.74, 6) is 3.84. The monoisotopic (exact) mass is 242 g/mol. The van der Waals surface area contributed by atoms with Gasteiger partial charge in [-0.15, -0.1) is 0 Å². The van der Waals surface area contributed by atoms with Crippen LogP contribution in [0.4, 0.5) is 0 Å². The number of hydrogen-bond acceptors (Lipinski definition) is 1. The van der Waals surface area contributed by atoms with E-state index in [0.717, 1.165) is 49.7 Å². The lowest BCUT2D eigenvalue weighted by Crippen LogP contribution is -2.26. The molecule has 0 aliphatic heterocycles. The van der Waals surface area contributed by atoms with Crippen molar-refractivity contribution in [3.63, 3.8) is 0 Å². The fourth-order valence-corrected chi connectivity index (χ4v) is 2.75. The molecule has 0 amide bonds. The molecule has 1 aliphatic rings. The Hall–Kier alpha value is -0.0400. The Bertz CT molecular complexity index is 151. The van der Waals surface area contributed by atoms with Gasteiger partial charge in [0.2, 0.25) is 0 Å². The molecule has 0 N–H and O–H groups in total. The van der Waals surface area contributed by atoms with Gasteiger partial charge in [0.05, 0.1) is 0 Å². The first-order valence-corrected chi connectivity index (χ1v) is 7.60. The van der Waals surface area contributed by atoms with Crippen molar-refractivity contribution in [2.75, 3.05) is 13.2 Å². The predicted octanol–water partition coefficient (Wildman–Crippen LogP) is 5.15. The molecule has 1 rings (SSSR count). The van der Waals surface area contributed by atoms with Gasteiger partial charge in [-0.3, -0.25) is 0 Å². The van der Waals surface area contributed by atoms with E-state index < -0.39 is 0 Å². The summed E-state index contributed by atoms with van der Waals surface area (Å²) in [5, 5.41) is 0. The van der Waals surface area contributed by atoms with Crippen LogP contribution in [-0.2, 0) is 4.74 Å². The maximum atomic E-state index is 5.13. The molecule has 0 spiro atoms. The van der Waals surface area contributed by atoms with Crippen LogP contribution in [0, 0.1) is 23.7 Å². The molecule has 0 radical (unpaired) electrons. The third kappa shape index (κ3) is 7.81. The zero-order chi connectivity index (χ0) is 13.3. The molecule has 0 saturated heterocycles. The van der Waals surface area contributed by atoms with E-state index >= 15 is 0 Å². The quantitative estimate of drug-likeness (QED) is 0.620. The Morgan fingerprint density at radius 3 is 1.59 bits per heavy atom. The van der Waals surface area contributed by atoms with Crippen molar-refractivity contribution in [3.8, 4) is 0 Å². The zero-order valence-corrected chi connectivity index (χ0v) is 13.0. The Morgan fingerprint density at radius 2 is 1.24 bits per heavy atom. The van der Waals surface area contributed by atoms with Crippen LogP contribution in [0.15, 0.2) is 0 Å². The molecule has 2 unspecified atom stereocenters. The molecular formula is C16H34O. The second kappa shape index (κ2) is 9.94. The summed E-state index contributed by atoms with van der Waals surface area (Å²) in [6, 6.07) is 0. The van der Waals surface area contributed by atoms with E-state index in [0.29, 0.717) is 0 Å². The highest BCUT2D eigenvalue weighted by Gasteiger charge is 2.27. The van der Waals surface area contributed by atoms with Crippen LogP contribution >= 0.6 is 0 Å². The molecule has 1 fully saturated rings. The van der Waals surface area contributed by atoms with Gasteiger partial charge in [-0.25, -0.2) is 0 Å². The van der Waals surface area contributed by atoms with Gasteiger partial charge in [0.1, 0.15) is 0 Å². The van der Waals surface area contributed by atoms with Crippen LogP contribution in [-0.4, -0.2) is 13.2 Å². The predicted molar refractivity (Wildman–Crippen MR) is 77.3 cm³/mol. The largest absolute Gasteiger partial charge is 0.381 e. The minimum atomic E-state index is 0.924. The van der Waals surface area contributed by atoms with E-state index in [2.05, 4.69) is 41.5 Å². The van der Waals surface area contributed by atoms with Crippen molar-refractivity contribution >= 4 is 0 Å². The third-order valence-electron chi connectivity index (χ3n) is 4.04. The molecule has 0 aromatic rings. The van der Waals surface area contributed by atoms with Crippen LogP contribution in [0.5, 0.6) is 0 Å². The summed E-state index contributed by atoms with van der Waals surface area (Å²) in [5.41, 5.74) is 0. The average molecular weight is 242 g/mol. The first-order valence-electron chi connectivity index (χ1n) is 7.60. The van der Waals surface area contributed by atoms with Crippen molar-refractivity contribution in [3.05, 3.63) is 0 Å². The molecule has 1 nitrogen and oxygen atoms in total. The van der Waals surface area contributed by atoms with Crippen LogP contribution in [0.1, 0.15) is 67.2 Å². The molecule has 0 aromatic heterocycles. The van der Waals surface area contributed by atoms with Crippen LogP contribution in [0.2, 0.25) is 0 Å². The highest BCUT2D eigenvalue weighted by molar-refractivity contribution is 4.77. The second-order valence-corrected chi connectivity index (χ2v) is 6.00. The van der Waals surface area contributed by atoms with E-state index in [4.69, 9.17) is 4.74 Å². The van der Waals surface area contributed by atoms with E-state index in [-0.39, 0.29) is 0 Å². The van der Waals surface area contributed by atoms with Crippen molar-refractivity contribution < 1.29 is 4.74 Å². The van der Waals surface area contributed by atoms with Gasteiger partial charge in [-0.1, -0.05) is 41.5 Å². The fourth-order valence-electron chi connectivity index (χ4n) is 2.75. The molecule has 1 heteroatoms. The fraction of sp³-hybridized carbons (Fsp3) is 1.00. The van der Waals surface area contributed by atoms with Gasteiger partial charge in [-0.05, 0) is 49.4 Å². The molecule has 0 aromatic carbocycles. The second-order valence-electron chi connectivity index (χ2n) is 6.00. The van der Waals surface area contributed by atoms with Gasteiger partial charge >= 0.3 is 0 Å². The van der Waals surface area contributed by atoms with Gasteiger partial charge in [-0.2, -0.15) is 0 Å². The zero-order valence-electron chi connectivity index (χ0n) is 13.0. The lowest BCUT2D eigenvalue weighted by atomic mass is 9.71. The highest BCUT2D eigenvalue weighted by atomic mass is 16.5. The van der Waals surface area contributed by atoms with E-state index in [9.17, 15) is 0 Å². The Labute approximate surface area is 109 Å². The third-order valence-corrected chi connectivity index (χ3v) is 4.04. The normalized spacial score (nSPS) is 32.8. The van der Waals surface area contributed by atoms with E-state index in [1.807, 2.05) is 0 Å². The molecule has 0 bridgehead atoms. The van der Waals surface area contributed by atoms with E-state index in [1.165, 1.54) is 12.8 Å². The minimum Gasteiger partial charge on any atom is -0.381 e. The van der Waals surface area contributed by atoms with Crippen molar-refractivity contribution in [1.82, 2.24) is 0 Å². The van der Waals surface area contributed by atoms with Gasteiger partial charge < -0.3 is 4.74 Å². The molecule has 2 atom stereocenters. The van der Waals surface area contributed by atoms with Crippen molar-refractivity contribution in [2.45, 2.75) is 67.2 Å². The number of hydrogen-bond donors (Lipinski definition) is 0. The summed E-state index contributed by atoms with van der Waals surface area (Å²) >= 11 is 0. The van der Waals surface area contributed by atoms with Crippen molar-refractivity contribution in [2.24, 2.45) is 23.7 Å². The maximum Gasteiger partial charge on any atom is 0.0463 e. The SMILES string of the molecule is CC1CC(C)C(C)C(C)C1.CCCOCCC. The Kier molecular flexibility index (Phi) is 9.91. The molecule has 1 saturated carbocycles. The van der Waals surface area contributed by atoms with Crippen molar-refractivity contribution in [1.29, 1.82) is 0 Å². The molecule has 17 heavy (non-hydrogen) atoms. The van der Waals surface area contributed by atoms with E-state index in [1.54, 1.807) is 0 Å². The summed E-state index contributed by atoms with van der Waals surface area (Å²) in [6.07, 6.45) is 5.18. The van der Waals surface area contributed by atoms with Gasteiger partial charge in [0.25, 0.3) is 0 Å². The standard InChI is InChI=1S/C10H20.C6H14O/c1-7-5-8(2)10(4)9(3)6-7;1-3-5-7-6-4-2/h7-10H,5-6H2,1-4H3;3-6H2,1-2H3.